The molecule has 0 aliphatic carbocycles. The van der Waals surface area contributed by atoms with Crippen LogP contribution >= 0.6 is 0 Å². The molecule has 0 radical (unpaired) electrons. The molecule has 0 saturated carbocycles. The number of piperidine rings is 1. The van der Waals surface area contributed by atoms with E-state index in [0.717, 1.165) is 36.8 Å². The molecule has 3 N–H and O–H groups in total. The lowest BCUT2D eigenvalue weighted by atomic mass is 9.98. The molecule has 6 heteroatoms. The van der Waals surface area contributed by atoms with Gasteiger partial charge < -0.3 is 10.3 Å². The lowest BCUT2D eigenvalue weighted by molar-refractivity contribution is 0.133. The number of piperazine rings is 1. The average Bonchev–Trinajstić information content (AvgIpc) is 2.53. The first-order valence-electron chi connectivity index (χ1n) is 8.01. The first-order valence-corrected chi connectivity index (χ1v) is 8.01. The Balaban J connectivity index is 1.86. The second-order valence-corrected chi connectivity index (χ2v) is 6.39. The number of nitrogens with zero attached hydrogens (tertiary/aromatic N) is 4. The highest BCUT2D eigenvalue weighted by atomic mass is 15.3. The average molecular weight is 290 g/mol. The number of rotatable bonds is 3. The van der Waals surface area contributed by atoms with Crippen molar-refractivity contribution in [3.8, 4) is 0 Å². The number of hydrogen-bond acceptors (Lipinski definition) is 6. The molecule has 2 saturated heterocycles. The lowest BCUT2D eigenvalue weighted by Crippen LogP contribution is -2.55. The van der Waals surface area contributed by atoms with E-state index in [1.165, 1.54) is 25.8 Å². The van der Waals surface area contributed by atoms with Crippen molar-refractivity contribution >= 4 is 11.6 Å². The SMILES string of the molecule is CC(C)c1c(NN)ncnc1N1CCN2CCCCC2C1. The summed E-state index contributed by atoms with van der Waals surface area (Å²) in [6.07, 6.45) is 5.62. The lowest BCUT2D eigenvalue weighted by Gasteiger charge is -2.45. The number of anilines is 2. The zero-order valence-corrected chi connectivity index (χ0v) is 13.0. The highest BCUT2D eigenvalue weighted by Gasteiger charge is 2.31. The molecule has 1 aromatic heterocycles. The van der Waals surface area contributed by atoms with Crippen molar-refractivity contribution in [2.45, 2.75) is 45.1 Å². The van der Waals surface area contributed by atoms with Crippen LogP contribution in [0, 0.1) is 0 Å². The van der Waals surface area contributed by atoms with Gasteiger partial charge in [-0.25, -0.2) is 15.8 Å². The van der Waals surface area contributed by atoms with Gasteiger partial charge in [-0.3, -0.25) is 4.90 Å². The number of nitrogen functional groups attached to an aromatic ring is 1. The van der Waals surface area contributed by atoms with Gasteiger partial charge in [0.1, 0.15) is 18.0 Å². The van der Waals surface area contributed by atoms with Crippen LogP contribution in [0.4, 0.5) is 11.6 Å². The summed E-state index contributed by atoms with van der Waals surface area (Å²) in [5.74, 6) is 7.77. The quantitative estimate of drug-likeness (QED) is 0.650. The van der Waals surface area contributed by atoms with Gasteiger partial charge in [-0.15, -0.1) is 0 Å². The van der Waals surface area contributed by atoms with Crippen molar-refractivity contribution in [2.75, 3.05) is 36.5 Å². The highest BCUT2D eigenvalue weighted by molar-refractivity contribution is 5.60. The van der Waals surface area contributed by atoms with Crippen LogP contribution < -0.4 is 16.2 Å². The van der Waals surface area contributed by atoms with Crippen molar-refractivity contribution in [1.82, 2.24) is 14.9 Å². The van der Waals surface area contributed by atoms with Crippen LogP contribution in [0.1, 0.15) is 44.6 Å². The van der Waals surface area contributed by atoms with Crippen molar-refractivity contribution in [3.63, 3.8) is 0 Å². The normalized spacial score (nSPS) is 23.2. The summed E-state index contributed by atoms with van der Waals surface area (Å²) in [6, 6.07) is 0.678. The van der Waals surface area contributed by atoms with Crippen LogP contribution in [0.2, 0.25) is 0 Å². The fourth-order valence-corrected chi connectivity index (χ4v) is 3.63. The van der Waals surface area contributed by atoms with Crippen LogP contribution in [0.15, 0.2) is 6.33 Å². The van der Waals surface area contributed by atoms with Gasteiger partial charge in [0, 0.05) is 31.2 Å². The Morgan fingerprint density at radius 1 is 1.24 bits per heavy atom. The molecule has 1 atom stereocenters. The third kappa shape index (κ3) is 2.82. The van der Waals surface area contributed by atoms with Gasteiger partial charge in [-0.2, -0.15) is 0 Å². The van der Waals surface area contributed by atoms with Crippen molar-refractivity contribution in [2.24, 2.45) is 5.84 Å². The third-order valence-corrected chi connectivity index (χ3v) is 4.71. The summed E-state index contributed by atoms with van der Waals surface area (Å²) in [5, 5.41) is 0. The van der Waals surface area contributed by atoms with Crippen LogP contribution in [0.3, 0.4) is 0 Å². The van der Waals surface area contributed by atoms with Gasteiger partial charge in [-0.1, -0.05) is 20.3 Å². The van der Waals surface area contributed by atoms with Gasteiger partial charge in [0.2, 0.25) is 0 Å². The maximum atomic E-state index is 5.63. The molecule has 0 amide bonds. The Bertz CT molecular complexity index is 489. The molecule has 6 nitrogen and oxygen atoms in total. The third-order valence-electron chi connectivity index (χ3n) is 4.71. The molecule has 116 valence electrons. The second kappa shape index (κ2) is 6.15. The van der Waals surface area contributed by atoms with E-state index in [1.54, 1.807) is 6.33 Å². The fraction of sp³-hybridized carbons (Fsp3) is 0.733. The summed E-state index contributed by atoms with van der Waals surface area (Å²) in [7, 11) is 0. The topological polar surface area (TPSA) is 70.3 Å². The van der Waals surface area contributed by atoms with Gasteiger partial charge in [0.05, 0.1) is 0 Å². The Morgan fingerprint density at radius 3 is 2.86 bits per heavy atom. The van der Waals surface area contributed by atoms with Gasteiger partial charge in [0.25, 0.3) is 0 Å². The van der Waals surface area contributed by atoms with E-state index >= 15 is 0 Å². The van der Waals surface area contributed by atoms with Crippen LogP contribution in [-0.2, 0) is 0 Å². The maximum absolute atomic E-state index is 5.63. The van der Waals surface area contributed by atoms with Crippen LogP contribution in [0.25, 0.3) is 0 Å². The van der Waals surface area contributed by atoms with Gasteiger partial charge in [-0.05, 0) is 25.3 Å². The number of nitrogens with one attached hydrogen (secondary N) is 1. The molecular weight excluding hydrogens is 264 g/mol. The molecule has 2 aliphatic heterocycles. The van der Waals surface area contributed by atoms with Crippen molar-refractivity contribution in [3.05, 3.63) is 11.9 Å². The molecule has 21 heavy (non-hydrogen) atoms. The summed E-state index contributed by atoms with van der Waals surface area (Å²) >= 11 is 0. The predicted octanol–water partition coefficient (Wildman–Crippen LogP) is 1.56. The molecular formula is C15H26N6. The largest absolute Gasteiger partial charge is 0.353 e. The van der Waals surface area contributed by atoms with Crippen LogP contribution in [0.5, 0.6) is 0 Å². The van der Waals surface area contributed by atoms with E-state index in [-0.39, 0.29) is 0 Å². The zero-order valence-electron chi connectivity index (χ0n) is 13.0. The Kier molecular flexibility index (Phi) is 4.26. The molecule has 0 spiro atoms. The first kappa shape index (κ1) is 14.5. The van der Waals surface area contributed by atoms with Gasteiger partial charge in [0.15, 0.2) is 0 Å². The summed E-state index contributed by atoms with van der Waals surface area (Å²) in [4.78, 5) is 13.9. The smallest absolute Gasteiger partial charge is 0.148 e. The number of aromatic nitrogens is 2. The molecule has 2 aliphatic rings. The monoisotopic (exact) mass is 290 g/mol. The second-order valence-electron chi connectivity index (χ2n) is 6.39. The molecule has 1 unspecified atom stereocenters. The molecule has 3 heterocycles. The van der Waals surface area contributed by atoms with Crippen molar-refractivity contribution in [1.29, 1.82) is 0 Å². The summed E-state index contributed by atoms with van der Waals surface area (Å²) in [6.45, 7) is 8.84. The van der Waals surface area contributed by atoms with E-state index in [9.17, 15) is 0 Å². The number of hydrogen-bond donors (Lipinski definition) is 2. The summed E-state index contributed by atoms with van der Waals surface area (Å²) in [5.41, 5.74) is 3.85. The minimum absolute atomic E-state index is 0.344. The van der Waals surface area contributed by atoms with E-state index in [4.69, 9.17) is 5.84 Å². The maximum Gasteiger partial charge on any atom is 0.148 e. The molecule has 0 bridgehead atoms. The standard InChI is InChI=1S/C15H26N6/c1-11(2)13-14(19-16)17-10-18-15(13)21-8-7-20-6-4-3-5-12(20)9-21/h10-12H,3-9,16H2,1-2H3,(H,17,18,19). The zero-order chi connectivity index (χ0) is 14.8. The molecule has 3 rings (SSSR count). The molecule has 1 aromatic rings. The Morgan fingerprint density at radius 2 is 2.10 bits per heavy atom. The number of hydrazine groups is 1. The fourth-order valence-electron chi connectivity index (χ4n) is 3.63. The molecule has 0 aromatic carbocycles. The molecule has 2 fully saturated rings. The minimum Gasteiger partial charge on any atom is -0.353 e. The number of nitrogens with two attached hydrogens (primary N) is 1. The number of fused-ring (bicyclic) bond motifs is 1. The van der Waals surface area contributed by atoms with E-state index < -0.39 is 0 Å². The van der Waals surface area contributed by atoms with Crippen molar-refractivity contribution < 1.29 is 0 Å². The van der Waals surface area contributed by atoms with E-state index in [1.807, 2.05) is 0 Å². The van der Waals surface area contributed by atoms with Gasteiger partial charge >= 0.3 is 0 Å². The highest BCUT2D eigenvalue weighted by Crippen LogP contribution is 2.32. The predicted molar refractivity (Wildman–Crippen MR) is 85.4 cm³/mol. The Labute approximate surface area is 126 Å². The van der Waals surface area contributed by atoms with E-state index in [2.05, 4.69) is 39.0 Å². The minimum atomic E-state index is 0.344. The Hall–Kier alpha value is -1.40. The first-order chi connectivity index (χ1) is 10.2. The van der Waals surface area contributed by atoms with Crippen LogP contribution in [-0.4, -0.2) is 47.1 Å². The summed E-state index contributed by atoms with van der Waals surface area (Å²) < 4.78 is 0. The van der Waals surface area contributed by atoms with E-state index in [0.29, 0.717) is 12.0 Å².